The molecular formula is C27H26F2N4O2. The Bertz CT molecular complexity index is 1210. The summed E-state index contributed by atoms with van der Waals surface area (Å²) in [4.78, 5) is 9.17. The van der Waals surface area contributed by atoms with Crippen LogP contribution in [0.15, 0.2) is 77.3 Å². The van der Waals surface area contributed by atoms with Crippen LogP contribution in [0.4, 0.5) is 8.78 Å². The molecule has 6 nitrogen and oxygen atoms in total. The minimum absolute atomic E-state index is 0.0843. The van der Waals surface area contributed by atoms with Gasteiger partial charge in [0.15, 0.2) is 0 Å². The van der Waals surface area contributed by atoms with Gasteiger partial charge in [-0.05, 0) is 47.5 Å². The third-order valence-corrected chi connectivity index (χ3v) is 6.32. The van der Waals surface area contributed by atoms with Gasteiger partial charge in [0.25, 0.3) is 0 Å². The van der Waals surface area contributed by atoms with E-state index in [1.54, 1.807) is 31.4 Å². The summed E-state index contributed by atoms with van der Waals surface area (Å²) in [5.74, 6) is 1.20. The Morgan fingerprint density at radius 1 is 0.857 bits per heavy atom. The van der Waals surface area contributed by atoms with Crippen molar-refractivity contribution in [3.8, 4) is 17.1 Å². The second-order valence-electron chi connectivity index (χ2n) is 8.53. The highest BCUT2D eigenvalue weighted by atomic mass is 19.1. The molecule has 0 bridgehead atoms. The Morgan fingerprint density at radius 3 is 2.06 bits per heavy atom. The van der Waals surface area contributed by atoms with Gasteiger partial charge in [0, 0.05) is 26.2 Å². The van der Waals surface area contributed by atoms with Crippen LogP contribution in [0.2, 0.25) is 0 Å². The van der Waals surface area contributed by atoms with Gasteiger partial charge in [0.1, 0.15) is 17.4 Å². The summed E-state index contributed by atoms with van der Waals surface area (Å²) in [6.45, 7) is 3.71. The largest absolute Gasteiger partial charge is 0.496 e. The fourth-order valence-electron chi connectivity index (χ4n) is 4.53. The number of rotatable bonds is 7. The maximum absolute atomic E-state index is 13.6. The molecule has 0 atom stereocenters. The van der Waals surface area contributed by atoms with Gasteiger partial charge >= 0.3 is 0 Å². The molecule has 3 aromatic carbocycles. The highest BCUT2D eigenvalue weighted by Crippen LogP contribution is 2.31. The molecule has 0 radical (unpaired) electrons. The monoisotopic (exact) mass is 476 g/mol. The normalized spacial score (nSPS) is 15.0. The molecule has 1 aliphatic heterocycles. The lowest BCUT2D eigenvalue weighted by Crippen LogP contribution is -2.47. The van der Waals surface area contributed by atoms with Crippen LogP contribution in [-0.2, 0) is 6.54 Å². The van der Waals surface area contributed by atoms with Crippen molar-refractivity contribution >= 4 is 0 Å². The van der Waals surface area contributed by atoms with Crippen LogP contribution in [-0.4, -0.2) is 53.2 Å². The Kier molecular flexibility index (Phi) is 6.83. The molecule has 1 aromatic heterocycles. The van der Waals surface area contributed by atoms with Gasteiger partial charge in [0.2, 0.25) is 11.7 Å². The van der Waals surface area contributed by atoms with E-state index in [1.807, 2.05) is 24.3 Å². The van der Waals surface area contributed by atoms with Crippen molar-refractivity contribution in [3.05, 3.63) is 101 Å². The molecule has 35 heavy (non-hydrogen) atoms. The average Bonchev–Trinajstić information content (AvgIpc) is 3.35. The van der Waals surface area contributed by atoms with Gasteiger partial charge in [-0.1, -0.05) is 41.6 Å². The Morgan fingerprint density at radius 2 is 1.46 bits per heavy atom. The topological polar surface area (TPSA) is 54.6 Å². The summed E-state index contributed by atoms with van der Waals surface area (Å²) in [7, 11) is 1.62. The minimum Gasteiger partial charge on any atom is -0.496 e. The number of ether oxygens (including phenoxy) is 1. The first-order chi connectivity index (χ1) is 17.1. The quantitative estimate of drug-likeness (QED) is 0.377. The van der Waals surface area contributed by atoms with Gasteiger partial charge in [-0.3, -0.25) is 9.80 Å². The van der Waals surface area contributed by atoms with Crippen LogP contribution in [0, 0.1) is 11.6 Å². The van der Waals surface area contributed by atoms with Crippen LogP contribution >= 0.6 is 0 Å². The number of piperazine rings is 1. The van der Waals surface area contributed by atoms with E-state index in [0.717, 1.165) is 42.9 Å². The third kappa shape index (κ3) is 5.23. The summed E-state index contributed by atoms with van der Waals surface area (Å²) >= 11 is 0. The van der Waals surface area contributed by atoms with E-state index in [4.69, 9.17) is 9.26 Å². The maximum Gasteiger partial charge on any atom is 0.241 e. The van der Waals surface area contributed by atoms with Gasteiger partial charge in [0.05, 0.1) is 25.3 Å². The number of hydrogen-bond acceptors (Lipinski definition) is 6. The zero-order chi connectivity index (χ0) is 24.2. The van der Waals surface area contributed by atoms with E-state index in [-0.39, 0.29) is 17.7 Å². The molecule has 1 fully saturated rings. The van der Waals surface area contributed by atoms with Gasteiger partial charge in [-0.2, -0.15) is 4.98 Å². The number of halogens is 2. The zero-order valence-electron chi connectivity index (χ0n) is 19.4. The van der Waals surface area contributed by atoms with Crippen LogP contribution in [0.1, 0.15) is 23.1 Å². The second-order valence-corrected chi connectivity index (χ2v) is 8.53. The highest BCUT2D eigenvalue weighted by molar-refractivity contribution is 5.63. The van der Waals surface area contributed by atoms with Crippen molar-refractivity contribution in [1.29, 1.82) is 0 Å². The molecule has 2 heterocycles. The van der Waals surface area contributed by atoms with Crippen LogP contribution in [0.25, 0.3) is 11.4 Å². The first kappa shape index (κ1) is 23.1. The number of para-hydroxylation sites is 1. The molecule has 0 spiro atoms. The van der Waals surface area contributed by atoms with Crippen LogP contribution in [0.5, 0.6) is 5.75 Å². The van der Waals surface area contributed by atoms with Crippen LogP contribution < -0.4 is 4.74 Å². The first-order valence-corrected chi connectivity index (χ1v) is 11.5. The minimum atomic E-state index is -0.275. The third-order valence-electron chi connectivity index (χ3n) is 6.32. The molecule has 1 saturated heterocycles. The summed E-state index contributed by atoms with van der Waals surface area (Å²) < 4.78 is 38.0. The van der Waals surface area contributed by atoms with Gasteiger partial charge in [-0.25, -0.2) is 8.78 Å². The molecule has 180 valence electrons. The molecule has 5 rings (SSSR count). The summed E-state index contributed by atoms with van der Waals surface area (Å²) in [6.07, 6.45) is 0. The Hall–Kier alpha value is -3.62. The van der Waals surface area contributed by atoms with E-state index in [9.17, 15) is 8.78 Å². The van der Waals surface area contributed by atoms with E-state index < -0.39 is 0 Å². The maximum atomic E-state index is 13.6. The van der Waals surface area contributed by atoms with Crippen molar-refractivity contribution in [2.24, 2.45) is 0 Å². The lowest BCUT2D eigenvalue weighted by atomic mass is 9.96. The lowest BCUT2D eigenvalue weighted by Gasteiger charge is -2.39. The van der Waals surface area contributed by atoms with Crippen molar-refractivity contribution in [1.82, 2.24) is 19.9 Å². The molecule has 0 saturated carbocycles. The number of hydrogen-bond donors (Lipinski definition) is 0. The van der Waals surface area contributed by atoms with E-state index >= 15 is 0 Å². The van der Waals surface area contributed by atoms with Crippen LogP contribution in [0.3, 0.4) is 0 Å². The van der Waals surface area contributed by atoms with E-state index in [1.165, 1.54) is 24.3 Å². The number of methoxy groups -OCH3 is 1. The summed E-state index contributed by atoms with van der Waals surface area (Å²) in [5, 5.41) is 4.13. The van der Waals surface area contributed by atoms with Crippen molar-refractivity contribution < 1.29 is 18.0 Å². The fourth-order valence-corrected chi connectivity index (χ4v) is 4.53. The smallest absolute Gasteiger partial charge is 0.241 e. The molecular weight excluding hydrogens is 450 g/mol. The summed E-state index contributed by atoms with van der Waals surface area (Å²) in [6, 6.07) is 20.6. The molecule has 1 aliphatic rings. The second kappa shape index (κ2) is 10.3. The van der Waals surface area contributed by atoms with Crippen molar-refractivity contribution in [3.63, 3.8) is 0 Å². The Labute approximate surface area is 202 Å². The van der Waals surface area contributed by atoms with Gasteiger partial charge in [-0.15, -0.1) is 0 Å². The predicted molar refractivity (Wildman–Crippen MR) is 128 cm³/mol. The molecule has 0 aliphatic carbocycles. The van der Waals surface area contributed by atoms with Crippen molar-refractivity contribution in [2.75, 3.05) is 33.3 Å². The van der Waals surface area contributed by atoms with Gasteiger partial charge < -0.3 is 9.26 Å². The molecule has 0 amide bonds. The molecule has 0 unspecified atom stereocenters. The number of benzene rings is 3. The predicted octanol–water partition coefficient (Wildman–Crippen LogP) is 4.93. The number of nitrogens with zero attached hydrogens (tertiary/aromatic N) is 4. The average molecular weight is 477 g/mol. The van der Waals surface area contributed by atoms with E-state index in [0.29, 0.717) is 24.0 Å². The fraction of sp³-hybridized carbons (Fsp3) is 0.259. The molecule has 0 N–H and O–H groups in total. The Balaban J connectivity index is 1.27. The SMILES string of the molecule is COc1ccccc1-c1noc(CN2CCN(C(c3ccc(F)cc3)c3ccc(F)cc3)CC2)n1. The molecule has 4 aromatic rings. The summed E-state index contributed by atoms with van der Waals surface area (Å²) in [5.41, 5.74) is 2.74. The lowest BCUT2D eigenvalue weighted by molar-refractivity contribution is 0.0966. The van der Waals surface area contributed by atoms with Crippen molar-refractivity contribution in [2.45, 2.75) is 12.6 Å². The number of aromatic nitrogens is 2. The standard InChI is InChI=1S/C27H26F2N4O2/c1-34-24-5-3-2-4-23(24)27-30-25(35-31-27)18-32-14-16-33(17-15-32)26(19-6-10-21(28)11-7-19)20-8-12-22(29)13-9-20/h2-13,26H,14-18H2,1H3. The highest BCUT2D eigenvalue weighted by Gasteiger charge is 2.27. The first-order valence-electron chi connectivity index (χ1n) is 11.5. The van der Waals surface area contributed by atoms with E-state index in [2.05, 4.69) is 19.9 Å². The zero-order valence-corrected chi connectivity index (χ0v) is 19.4. The molecule has 8 heteroatoms.